The molecule has 1 fully saturated rings. The second-order valence-corrected chi connectivity index (χ2v) is 3.73. The summed E-state index contributed by atoms with van der Waals surface area (Å²) in [5.74, 6) is -0.131. The average molecular weight is 243 g/mol. The first-order chi connectivity index (χ1) is 7.95. The molecule has 0 radical (unpaired) electrons. The molecule has 1 heterocycles. The van der Waals surface area contributed by atoms with Gasteiger partial charge >= 0.3 is 6.18 Å². The molecule has 2 rings (SSSR count). The fraction of sp³-hybridized carbons (Fsp3) is 0.273. The molecule has 0 spiro atoms. The van der Waals surface area contributed by atoms with Gasteiger partial charge in [-0.05, 0) is 18.2 Å². The highest BCUT2D eigenvalue weighted by atomic mass is 19.4. The largest absolute Gasteiger partial charge is 0.416 e. The molecule has 1 aliphatic rings. The van der Waals surface area contributed by atoms with Gasteiger partial charge in [0, 0.05) is 5.56 Å². The van der Waals surface area contributed by atoms with Crippen molar-refractivity contribution in [2.75, 3.05) is 6.54 Å². The van der Waals surface area contributed by atoms with Crippen LogP contribution >= 0.6 is 0 Å². The molecule has 1 aromatic carbocycles. The van der Waals surface area contributed by atoms with E-state index in [4.69, 9.17) is 0 Å². The van der Waals surface area contributed by atoms with E-state index in [-0.39, 0.29) is 5.91 Å². The van der Waals surface area contributed by atoms with Gasteiger partial charge in [-0.1, -0.05) is 6.07 Å². The van der Waals surface area contributed by atoms with Crippen molar-refractivity contribution in [2.45, 2.75) is 12.6 Å². The first-order valence-corrected chi connectivity index (χ1v) is 5.03. The Bertz CT molecular complexity index is 480. The van der Waals surface area contributed by atoms with Crippen LogP contribution in [0.25, 0.3) is 0 Å². The van der Waals surface area contributed by atoms with Crippen molar-refractivity contribution >= 4 is 12.1 Å². The second-order valence-electron chi connectivity index (χ2n) is 3.73. The molecule has 1 N–H and O–H groups in total. The summed E-state index contributed by atoms with van der Waals surface area (Å²) in [5, 5.41) is 0. The highest BCUT2D eigenvalue weighted by molar-refractivity contribution is 5.79. The zero-order chi connectivity index (χ0) is 12.5. The molecule has 1 amide bonds. The lowest BCUT2D eigenvalue weighted by Gasteiger charge is -2.05. The molecule has 0 aromatic heterocycles. The molecule has 6 heteroatoms. The molecule has 1 aromatic rings. The van der Waals surface area contributed by atoms with Crippen LogP contribution in [0.15, 0.2) is 24.3 Å². The maximum Gasteiger partial charge on any atom is 0.416 e. The van der Waals surface area contributed by atoms with E-state index in [9.17, 15) is 18.0 Å². The van der Waals surface area contributed by atoms with Crippen molar-refractivity contribution in [2.24, 2.45) is 0 Å². The van der Waals surface area contributed by atoms with Gasteiger partial charge in [-0.3, -0.25) is 4.79 Å². The fourth-order valence-corrected chi connectivity index (χ4v) is 1.57. The van der Waals surface area contributed by atoms with Crippen molar-refractivity contribution in [1.29, 1.82) is 0 Å². The number of hydrazine groups is 1. The number of hydrogen-bond donors (Lipinski definition) is 1. The fourth-order valence-electron chi connectivity index (χ4n) is 1.57. The van der Waals surface area contributed by atoms with E-state index in [1.807, 2.05) is 0 Å². The summed E-state index contributed by atoms with van der Waals surface area (Å²) in [5.41, 5.74) is 2.23. The van der Waals surface area contributed by atoms with Gasteiger partial charge in [-0.15, -0.1) is 10.1 Å². The van der Waals surface area contributed by atoms with Crippen LogP contribution in [0, 0.1) is 0 Å². The monoisotopic (exact) mass is 243 g/mol. The number of amides is 1. The zero-order valence-corrected chi connectivity index (χ0v) is 8.79. The van der Waals surface area contributed by atoms with Gasteiger partial charge in [-0.2, -0.15) is 13.2 Å². The Labute approximate surface area is 95.5 Å². The van der Waals surface area contributed by atoms with E-state index >= 15 is 0 Å². The third-order valence-electron chi connectivity index (χ3n) is 2.37. The average Bonchev–Trinajstić information content (AvgIpc) is 2.63. The summed E-state index contributed by atoms with van der Waals surface area (Å²) in [6.45, 7) is 0.467. The lowest BCUT2D eigenvalue weighted by molar-refractivity contribution is -0.553. The van der Waals surface area contributed by atoms with E-state index in [0.717, 1.165) is 12.1 Å². The molecule has 1 saturated heterocycles. The maximum absolute atomic E-state index is 12.4. The van der Waals surface area contributed by atoms with Gasteiger partial charge in [0.25, 0.3) is 5.91 Å². The van der Waals surface area contributed by atoms with E-state index in [0.29, 0.717) is 18.5 Å². The van der Waals surface area contributed by atoms with Crippen LogP contribution in [0.5, 0.6) is 0 Å². The molecule has 1 aliphatic heterocycles. The molecule has 0 unspecified atom stereocenters. The molecular formula is C11H10F3N2O+. The van der Waals surface area contributed by atoms with E-state index in [1.54, 1.807) is 6.07 Å². The molecule has 3 nitrogen and oxygen atoms in total. The van der Waals surface area contributed by atoms with Crippen molar-refractivity contribution in [3.8, 4) is 0 Å². The van der Waals surface area contributed by atoms with Crippen LogP contribution in [0.2, 0.25) is 0 Å². The van der Waals surface area contributed by atoms with Crippen molar-refractivity contribution in [3.63, 3.8) is 0 Å². The highest BCUT2D eigenvalue weighted by Crippen LogP contribution is 2.29. The Balaban J connectivity index is 2.25. The van der Waals surface area contributed by atoms with Crippen molar-refractivity contribution in [1.82, 2.24) is 5.43 Å². The van der Waals surface area contributed by atoms with Crippen LogP contribution in [0.4, 0.5) is 13.2 Å². The van der Waals surface area contributed by atoms with Gasteiger partial charge in [0.05, 0.1) is 12.0 Å². The van der Waals surface area contributed by atoms with Crippen molar-refractivity contribution < 1.29 is 22.7 Å². The van der Waals surface area contributed by atoms with Gasteiger partial charge in [0.2, 0.25) is 6.21 Å². The van der Waals surface area contributed by atoms with Gasteiger partial charge in [0.1, 0.15) is 0 Å². The number of nitrogens with zero attached hydrogens (tertiary/aromatic N) is 1. The van der Waals surface area contributed by atoms with Gasteiger partial charge in [0.15, 0.2) is 6.54 Å². The number of rotatable bonds is 1. The van der Waals surface area contributed by atoms with Crippen LogP contribution in [0.1, 0.15) is 17.5 Å². The number of hydrogen-bond acceptors (Lipinski definition) is 1. The number of hydrazone groups is 1. The molecule has 0 saturated carbocycles. The topological polar surface area (TPSA) is 32.1 Å². The van der Waals surface area contributed by atoms with E-state index in [2.05, 4.69) is 5.43 Å². The molecule has 0 aliphatic carbocycles. The molecule has 0 bridgehead atoms. The SMILES string of the molecule is O=C1CC/[N+](=C\c2cccc(C(F)(F)F)c2)N1. The van der Waals surface area contributed by atoms with Crippen LogP contribution in [0.3, 0.4) is 0 Å². The summed E-state index contributed by atoms with van der Waals surface area (Å²) in [7, 11) is 0. The Morgan fingerprint density at radius 1 is 1.35 bits per heavy atom. The Morgan fingerprint density at radius 3 is 2.71 bits per heavy atom. The Hall–Kier alpha value is -1.85. The third kappa shape index (κ3) is 2.83. The number of halogens is 3. The minimum atomic E-state index is -4.35. The quantitative estimate of drug-likeness (QED) is 0.746. The smallest absolute Gasteiger partial charge is 0.269 e. The first-order valence-electron chi connectivity index (χ1n) is 5.03. The summed E-state index contributed by atoms with van der Waals surface area (Å²) in [6.07, 6.45) is -2.51. The molecular weight excluding hydrogens is 233 g/mol. The molecule has 90 valence electrons. The lowest BCUT2D eigenvalue weighted by atomic mass is 10.1. The maximum atomic E-state index is 12.4. The molecule has 0 atom stereocenters. The number of carbonyl (C=O) groups excluding carboxylic acids is 1. The second kappa shape index (κ2) is 4.20. The van der Waals surface area contributed by atoms with Crippen LogP contribution < -0.4 is 5.43 Å². The minimum absolute atomic E-state index is 0.131. The van der Waals surface area contributed by atoms with E-state index in [1.165, 1.54) is 17.0 Å². The Kier molecular flexibility index (Phi) is 2.87. The Morgan fingerprint density at radius 2 is 2.12 bits per heavy atom. The predicted molar refractivity (Wildman–Crippen MR) is 54.5 cm³/mol. The highest BCUT2D eigenvalue weighted by Gasteiger charge is 2.30. The summed E-state index contributed by atoms with van der Waals surface area (Å²) >= 11 is 0. The number of nitrogens with one attached hydrogen (secondary N) is 1. The summed E-state index contributed by atoms with van der Waals surface area (Å²) in [6, 6.07) is 4.96. The zero-order valence-electron chi connectivity index (χ0n) is 8.79. The minimum Gasteiger partial charge on any atom is -0.269 e. The van der Waals surface area contributed by atoms with Crippen LogP contribution in [-0.4, -0.2) is 23.4 Å². The normalized spacial score (nSPS) is 18.5. The van der Waals surface area contributed by atoms with Gasteiger partial charge < -0.3 is 0 Å². The number of carbonyl (C=O) groups is 1. The first kappa shape index (κ1) is 11.6. The third-order valence-corrected chi connectivity index (χ3v) is 2.37. The van der Waals surface area contributed by atoms with Crippen LogP contribution in [-0.2, 0) is 11.0 Å². The summed E-state index contributed by atoms with van der Waals surface area (Å²) < 4.78 is 38.8. The number of alkyl halides is 3. The lowest BCUT2D eigenvalue weighted by Crippen LogP contribution is -2.25. The molecule has 17 heavy (non-hydrogen) atoms. The van der Waals surface area contributed by atoms with Gasteiger partial charge in [-0.25, -0.2) is 0 Å². The number of benzene rings is 1. The van der Waals surface area contributed by atoms with E-state index < -0.39 is 11.7 Å². The predicted octanol–water partition coefficient (Wildman–Crippen LogP) is 1.57. The summed E-state index contributed by atoms with van der Waals surface area (Å²) in [4.78, 5) is 10.9. The van der Waals surface area contributed by atoms with Crippen molar-refractivity contribution in [3.05, 3.63) is 35.4 Å². The standard InChI is InChI=1S/C11H9F3N2O/c12-11(13,14)9-3-1-2-8(6-9)7-16-5-4-10(17)15-16/h1-3,6-7H,4-5H2/p+1/b16-7+.